The molecule has 2 aromatic rings. The Morgan fingerprint density at radius 1 is 1.05 bits per heavy atom. The Bertz CT molecular complexity index is 553. The van der Waals surface area contributed by atoms with E-state index < -0.39 is 0 Å². The van der Waals surface area contributed by atoms with Crippen molar-refractivity contribution in [3.63, 3.8) is 0 Å². The van der Waals surface area contributed by atoms with Crippen LogP contribution in [-0.2, 0) is 0 Å². The van der Waals surface area contributed by atoms with E-state index in [0.29, 0.717) is 5.56 Å². The van der Waals surface area contributed by atoms with Crippen molar-refractivity contribution in [1.29, 1.82) is 0 Å². The lowest BCUT2D eigenvalue weighted by atomic mass is 10.1. The summed E-state index contributed by atoms with van der Waals surface area (Å²) < 4.78 is 5.93. The van der Waals surface area contributed by atoms with Gasteiger partial charge in [0.05, 0.1) is 5.56 Å². The first-order chi connectivity index (χ1) is 9.38. The molecular formula is C16H17NO2. The highest BCUT2D eigenvalue weighted by Crippen LogP contribution is 2.32. The van der Waals surface area contributed by atoms with Gasteiger partial charge in [0.25, 0.3) is 0 Å². The second-order valence-electron chi connectivity index (χ2n) is 4.90. The summed E-state index contributed by atoms with van der Waals surface area (Å²) in [5.41, 5.74) is 1.66. The van der Waals surface area contributed by atoms with Gasteiger partial charge in [0.1, 0.15) is 5.76 Å². The average molecular weight is 255 g/mol. The molecule has 0 radical (unpaired) electrons. The summed E-state index contributed by atoms with van der Waals surface area (Å²) in [7, 11) is 0. The molecule has 1 aliphatic heterocycles. The predicted molar refractivity (Wildman–Crippen MR) is 75.6 cm³/mol. The molecule has 2 heterocycles. The summed E-state index contributed by atoms with van der Waals surface area (Å²) in [4.78, 5) is 13.4. The Kier molecular flexibility index (Phi) is 3.36. The van der Waals surface area contributed by atoms with Crippen LogP contribution in [0, 0.1) is 0 Å². The quantitative estimate of drug-likeness (QED) is 0.783. The Hall–Kier alpha value is -2.03. The molecule has 1 aromatic carbocycles. The molecule has 1 fully saturated rings. The summed E-state index contributed by atoms with van der Waals surface area (Å²) in [6, 6.07) is 11.7. The first kappa shape index (κ1) is 12.0. The van der Waals surface area contributed by atoms with E-state index in [1.807, 2.05) is 36.4 Å². The minimum absolute atomic E-state index is 0.653. The fourth-order valence-electron chi connectivity index (χ4n) is 2.57. The summed E-state index contributed by atoms with van der Waals surface area (Å²) in [5, 5.41) is 0. The third-order valence-corrected chi connectivity index (χ3v) is 3.57. The van der Waals surface area contributed by atoms with Crippen molar-refractivity contribution < 1.29 is 9.21 Å². The van der Waals surface area contributed by atoms with Gasteiger partial charge in [-0.05, 0) is 25.3 Å². The molecule has 0 amide bonds. The largest absolute Gasteiger partial charge is 0.440 e. The van der Waals surface area contributed by atoms with Crippen LogP contribution in [0.15, 0.2) is 40.8 Å². The number of aldehydes is 1. The molecule has 98 valence electrons. The Balaban J connectivity index is 1.96. The smallest absolute Gasteiger partial charge is 0.206 e. The number of carbonyl (C=O) groups excluding carboxylic acids is 1. The molecule has 0 saturated carbocycles. The maximum Gasteiger partial charge on any atom is 0.206 e. The predicted octanol–water partition coefficient (Wildman–Crippen LogP) is 3.75. The molecule has 0 unspecified atom stereocenters. The molecule has 0 N–H and O–H groups in total. The number of furan rings is 1. The first-order valence-corrected chi connectivity index (χ1v) is 6.78. The SMILES string of the molecule is O=Cc1cc(-c2ccccc2)oc1N1CCCCC1. The van der Waals surface area contributed by atoms with Gasteiger partial charge in [0.15, 0.2) is 6.29 Å². The van der Waals surface area contributed by atoms with Crippen LogP contribution in [0.4, 0.5) is 5.88 Å². The molecule has 19 heavy (non-hydrogen) atoms. The van der Waals surface area contributed by atoms with Crippen molar-refractivity contribution in [2.45, 2.75) is 19.3 Å². The van der Waals surface area contributed by atoms with Crippen LogP contribution in [0.25, 0.3) is 11.3 Å². The van der Waals surface area contributed by atoms with E-state index in [-0.39, 0.29) is 0 Å². The van der Waals surface area contributed by atoms with E-state index in [4.69, 9.17) is 4.42 Å². The minimum Gasteiger partial charge on any atom is -0.440 e. The Labute approximate surface area is 112 Å². The molecule has 1 aliphatic rings. The second-order valence-corrected chi connectivity index (χ2v) is 4.90. The van der Waals surface area contributed by atoms with Gasteiger partial charge in [-0.2, -0.15) is 0 Å². The zero-order valence-corrected chi connectivity index (χ0v) is 10.8. The molecule has 3 rings (SSSR count). The molecular weight excluding hydrogens is 238 g/mol. The van der Waals surface area contributed by atoms with Crippen molar-refractivity contribution >= 4 is 12.2 Å². The van der Waals surface area contributed by atoms with Gasteiger partial charge in [0, 0.05) is 18.7 Å². The number of anilines is 1. The Morgan fingerprint density at radius 3 is 2.47 bits per heavy atom. The van der Waals surface area contributed by atoms with E-state index in [1.165, 1.54) is 19.3 Å². The fraction of sp³-hybridized carbons (Fsp3) is 0.312. The van der Waals surface area contributed by atoms with Crippen molar-refractivity contribution in [3.05, 3.63) is 42.0 Å². The van der Waals surface area contributed by atoms with E-state index in [2.05, 4.69) is 4.90 Å². The number of hydrogen-bond acceptors (Lipinski definition) is 3. The van der Waals surface area contributed by atoms with Crippen molar-refractivity contribution in [1.82, 2.24) is 0 Å². The summed E-state index contributed by atoms with van der Waals surface area (Å²) in [6.07, 6.45) is 4.48. The standard InChI is InChI=1S/C16H17NO2/c18-12-14-11-15(13-7-3-1-4-8-13)19-16(14)17-9-5-2-6-10-17/h1,3-4,7-8,11-12H,2,5-6,9-10H2. The molecule has 0 bridgehead atoms. The average Bonchev–Trinajstić information content (AvgIpc) is 2.93. The molecule has 0 aliphatic carbocycles. The van der Waals surface area contributed by atoms with Crippen LogP contribution in [-0.4, -0.2) is 19.4 Å². The number of hydrogen-bond donors (Lipinski definition) is 0. The maximum absolute atomic E-state index is 11.2. The minimum atomic E-state index is 0.653. The zero-order chi connectivity index (χ0) is 13.1. The van der Waals surface area contributed by atoms with Crippen LogP contribution in [0.2, 0.25) is 0 Å². The zero-order valence-electron chi connectivity index (χ0n) is 10.8. The highest BCUT2D eigenvalue weighted by atomic mass is 16.4. The topological polar surface area (TPSA) is 33.5 Å². The van der Waals surface area contributed by atoms with Gasteiger partial charge in [-0.1, -0.05) is 30.3 Å². The molecule has 0 atom stereocenters. The van der Waals surface area contributed by atoms with Crippen molar-refractivity contribution in [2.24, 2.45) is 0 Å². The van der Waals surface area contributed by atoms with Crippen LogP contribution in [0.3, 0.4) is 0 Å². The van der Waals surface area contributed by atoms with Crippen molar-refractivity contribution in [2.75, 3.05) is 18.0 Å². The third kappa shape index (κ3) is 2.41. The van der Waals surface area contributed by atoms with Gasteiger partial charge in [-0.25, -0.2) is 0 Å². The molecule has 3 heteroatoms. The van der Waals surface area contributed by atoms with Gasteiger partial charge >= 0.3 is 0 Å². The Morgan fingerprint density at radius 2 is 1.79 bits per heavy atom. The van der Waals surface area contributed by atoms with E-state index in [0.717, 1.165) is 36.6 Å². The highest BCUT2D eigenvalue weighted by Gasteiger charge is 2.19. The van der Waals surface area contributed by atoms with Gasteiger partial charge in [-0.3, -0.25) is 4.79 Å². The summed E-state index contributed by atoms with van der Waals surface area (Å²) in [5.74, 6) is 1.50. The van der Waals surface area contributed by atoms with Crippen LogP contribution >= 0.6 is 0 Å². The first-order valence-electron chi connectivity index (χ1n) is 6.78. The molecule has 1 saturated heterocycles. The molecule has 1 aromatic heterocycles. The fourth-order valence-corrected chi connectivity index (χ4v) is 2.57. The normalized spacial score (nSPS) is 15.5. The van der Waals surface area contributed by atoms with Gasteiger partial charge < -0.3 is 9.32 Å². The highest BCUT2D eigenvalue weighted by molar-refractivity contribution is 5.85. The monoisotopic (exact) mass is 255 g/mol. The lowest BCUT2D eigenvalue weighted by Crippen LogP contribution is -2.29. The molecule has 0 spiro atoms. The van der Waals surface area contributed by atoms with Crippen LogP contribution in [0.5, 0.6) is 0 Å². The van der Waals surface area contributed by atoms with Crippen LogP contribution in [0.1, 0.15) is 29.6 Å². The summed E-state index contributed by atoms with van der Waals surface area (Å²) >= 11 is 0. The van der Waals surface area contributed by atoms with Crippen molar-refractivity contribution in [3.8, 4) is 11.3 Å². The van der Waals surface area contributed by atoms with E-state index >= 15 is 0 Å². The second kappa shape index (κ2) is 5.31. The number of nitrogens with zero attached hydrogens (tertiary/aromatic N) is 1. The van der Waals surface area contributed by atoms with E-state index in [1.54, 1.807) is 0 Å². The maximum atomic E-state index is 11.2. The number of piperidine rings is 1. The lowest BCUT2D eigenvalue weighted by Gasteiger charge is -2.26. The van der Waals surface area contributed by atoms with Crippen LogP contribution < -0.4 is 4.90 Å². The van der Waals surface area contributed by atoms with E-state index in [9.17, 15) is 4.79 Å². The summed E-state index contributed by atoms with van der Waals surface area (Å²) in [6.45, 7) is 1.95. The number of carbonyl (C=O) groups is 1. The number of rotatable bonds is 3. The lowest BCUT2D eigenvalue weighted by molar-refractivity contribution is 0.112. The third-order valence-electron chi connectivity index (χ3n) is 3.57. The molecule has 3 nitrogen and oxygen atoms in total. The van der Waals surface area contributed by atoms with Gasteiger partial charge in [-0.15, -0.1) is 0 Å². The van der Waals surface area contributed by atoms with Gasteiger partial charge in [0.2, 0.25) is 5.88 Å². The number of benzene rings is 1.